The molecular formula is C2H2O2Ru. The van der Waals surface area contributed by atoms with E-state index in [9.17, 15) is 9.59 Å². The quantitative estimate of drug-likeness (QED) is 0.400. The van der Waals surface area contributed by atoms with E-state index < -0.39 is 17.1 Å². The Balaban J connectivity index is 2.65. The Labute approximate surface area is 37.1 Å². The van der Waals surface area contributed by atoms with Gasteiger partial charge in [0.25, 0.3) is 0 Å². The van der Waals surface area contributed by atoms with Crippen molar-refractivity contribution in [3.05, 3.63) is 0 Å². The van der Waals surface area contributed by atoms with Gasteiger partial charge >= 0.3 is 36.5 Å². The summed E-state index contributed by atoms with van der Waals surface area (Å²) in [5.74, 6) is 0. The zero-order valence-corrected chi connectivity index (χ0v) is 4.06. The van der Waals surface area contributed by atoms with Crippen LogP contribution in [0.1, 0.15) is 0 Å². The molecule has 0 heterocycles. The molecule has 0 unspecified atom stereocenters. The molecule has 0 aliphatic heterocycles. The molecule has 0 spiro atoms. The van der Waals surface area contributed by atoms with Gasteiger partial charge in [0.15, 0.2) is 0 Å². The summed E-state index contributed by atoms with van der Waals surface area (Å²) >= 11 is -0.592. The zero-order chi connectivity index (χ0) is 4.12. The van der Waals surface area contributed by atoms with E-state index in [1.54, 1.807) is 0 Å². The molecule has 3 heteroatoms. The summed E-state index contributed by atoms with van der Waals surface area (Å²) in [5.41, 5.74) is 0. The van der Waals surface area contributed by atoms with Crippen molar-refractivity contribution in [3.63, 3.8) is 0 Å². The van der Waals surface area contributed by atoms with Crippen molar-refractivity contribution < 1.29 is 26.7 Å². The first-order chi connectivity index (χ1) is 2.41. The summed E-state index contributed by atoms with van der Waals surface area (Å²) in [6, 6.07) is 0. The number of carbonyl (C=O) groups is 2. The molecule has 0 aliphatic carbocycles. The number of carbonyl (C=O) groups excluding carboxylic acids is 2. The number of hydrogen-bond acceptors (Lipinski definition) is 2. The van der Waals surface area contributed by atoms with Gasteiger partial charge < -0.3 is 0 Å². The summed E-state index contributed by atoms with van der Waals surface area (Å²) in [4.78, 5) is 19.7. The normalized spacial score (nSPS) is 7.20. The maximum atomic E-state index is 9.21. The molecule has 0 rings (SSSR count). The predicted octanol–water partition coefficient (Wildman–Crippen LogP) is -0.551. The summed E-state index contributed by atoms with van der Waals surface area (Å²) in [6.07, 6.45) is 0. The van der Waals surface area contributed by atoms with Crippen molar-refractivity contribution in [1.29, 1.82) is 0 Å². The molecule has 0 bridgehead atoms. The molecule has 0 atom stereocenters. The van der Waals surface area contributed by atoms with Crippen molar-refractivity contribution in [1.82, 2.24) is 0 Å². The second kappa shape index (κ2) is 3.96. The second-order valence-corrected chi connectivity index (χ2v) is 1.68. The molecule has 0 N–H and O–H groups in total. The van der Waals surface area contributed by atoms with Crippen molar-refractivity contribution in [2.75, 3.05) is 0 Å². The Morgan fingerprint density at radius 3 is 1.60 bits per heavy atom. The van der Waals surface area contributed by atoms with Gasteiger partial charge in [0.1, 0.15) is 0 Å². The molecule has 0 amide bonds. The molecule has 0 aromatic rings. The Kier molecular flexibility index (Phi) is 3.93. The van der Waals surface area contributed by atoms with Gasteiger partial charge in [-0.1, -0.05) is 0 Å². The van der Waals surface area contributed by atoms with E-state index in [2.05, 4.69) is 0 Å². The summed E-state index contributed by atoms with van der Waals surface area (Å²) in [6.45, 7) is 0. The monoisotopic (exact) mass is 160 g/mol. The molecule has 0 saturated carbocycles. The van der Waals surface area contributed by atoms with Gasteiger partial charge in [-0.15, -0.1) is 0 Å². The van der Waals surface area contributed by atoms with Crippen LogP contribution in [-0.2, 0) is 26.7 Å². The second-order valence-electron chi connectivity index (χ2n) is 0.285. The van der Waals surface area contributed by atoms with E-state index in [-0.39, 0.29) is 0 Å². The van der Waals surface area contributed by atoms with Crippen molar-refractivity contribution in [2.45, 2.75) is 0 Å². The van der Waals surface area contributed by atoms with Gasteiger partial charge in [-0.2, -0.15) is 0 Å². The van der Waals surface area contributed by atoms with Crippen LogP contribution in [-0.4, -0.2) is 9.76 Å². The SMILES string of the molecule is O=[CH][Ru][CH]=O. The molecule has 0 radical (unpaired) electrons. The maximum absolute atomic E-state index is 9.21. The van der Waals surface area contributed by atoms with Gasteiger partial charge in [0, 0.05) is 0 Å². The van der Waals surface area contributed by atoms with Crippen molar-refractivity contribution in [3.8, 4) is 0 Å². The molecule has 0 aromatic heterocycles. The van der Waals surface area contributed by atoms with Crippen molar-refractivity contribution in [2.24, 2.45) is 0 Å². The van der Waals surface area contributed by atoms with Gasteiger partial charge in [-0.3, -0.25) is 0 Å². The van der Waals surface area contributed by atoms with Crippen LogP contribution in [0.25, 0.3) is 0 Å². The fourth-order valence-corrected chi connectivity index (χ4v) is 0.116. The number of rotatable bonds is 2. The van der Waals surface area contributed by atoms with E-state index in [1.807, 2.05) is 0 Å². The molecule has 30 valence electrons. The first-order valence-electron chi connectivity index (χ1n) is 0.880. The Hall–Kier alpha value is -0.0366. The fourth-order valence-electron chi connectivity index (χ4n) is 0.0196. The third-order valence-corrected chi connectivity index (χ3v) is 0.569. The van der Waals surface area contributed by atoms with Crippen LogP contribution in [0.15, 0.2) is 0 Å². The minimum atomic E-state index is -0.592. The summed E-state index contributed by atoms with van der Waals surface area (Å²) in [5, 5.41) is 0. The Bertz CT molecular complexity index is 36.9. The van der Waals surface area contributed by atoms with Crippen LogP contribution < -0.4 is 0 Å². The van der Waals surface area contributed by atoms with Crippen LogP contribution in [0.4, 0.5) is 0 Å². The average molecular weight is 159 g/mol. The van der Waals surface area contributed by atoms with E-state index in [1.165, 1.54) is 0 Å². The average Bonchev–Trinajstić information content (AvgIpc) is 1.41. The van der Waals surface area contributed by atoms with Gasteiger partial charge in [0.05, 0.1) is 0 Å². The standard InChI is InChI=1S/2CHO.Ru/c2*1-2;/h2*1H;. The van der Waals surface area contributed by atoms with Crippen LogP contribution >= 0.6 is 0 Å². The molecule has 0 fully saturated rings. The van der Waals surface area contributed by atoms with Gasteiger partial charge in [0.2, 0.25) is 0 Å². The first kappa shape index (κ1) is 4.96. The first-order valence-corrected chi connectivity index (χ1v) is 2.89. The third-order valence-electron chi connectivity index (χ3n) is 0.0962. The van der Waals surface area contributed by atoms with E-state index in [0.717, 1.165) is 0 Å². The van der Waals surface area contributed by atoms with Crippen molar-refractivity contribution >= 4 is 9.76 Å². The van der Waals surface area contributed by atoms with Gasteiger partial charge in [-0.25, -0.2) is 0 Å². The Morgan fingerprint density at radius 1 is 1.20 bits per heavy atom. The predicted molar refractivity (Wildman–Crippen MR) is 13.5 cm³/mol. The molecule has 2 nitrogen and oxygen atoms in total. The van der Waals surface area contributed by atoms with Crippen LogP contribution in [0, 0.1) is 0 Å². The van der Waals surface area contributed by atoms with Crippen LogP contribution in [0.3, 0.4) is 0 Å². The fraction of sp³-hybridized carbons (Fsp3) is 0. The summed E-state index contributed by atoms with van der Waals surface area (Å²) < 4.78 is 0. The van der Waals surface area contributed by atoms with Crippen LogP contribution in [0.5, 0.6) is 0 Å². The molecule has 0 saturated heterocycles. The molecule has 0 aromatic carbocycles. The van der Waals surface area contributed by atoms with E-state index >= 15 is 0 Å². The minimum absolute atomic E-state index is 0.592. The Morgan fingerprint density at radius 2 is 1.60 bits per heavy atom. The summed E-state index contributed by atoms with van der Waals surface area (Å²) in [7, 11) is 0. The molecular weight excluding hydrogens is 157 g/mol. The molecule has 0 aliphatic rings. The number of hydrogen-bond donors (Lipinski definition) is 0. The van der Waals surface area contributed by atoms with E-state index in [0.29, 0.717) is 9.76 Å². The topological polar surface area (TPSA) is 34.1 Å². The molecule has 5 heavy (non-hydrogen) atoms. The van der Waals surface area contributed by atoms with Crippen LogP contribution in [0.2, 0.25) is 0 Å². The zero-order valence-electron chi connectivity index (χ0n) is 2.32. The van der Waals surface area contributed by atoms with Gasteiger partial charge in [-0.05, 0) is 0 Å². The van der Waals surface area contributed by atoms with E-state index in [4.69, 9.17) is 0 Å². The third kappa shape index (κ3) is 3.96.